The lowest BCUT2D eigenvalue weighted by Crippen LogP contribution is -2.50. The standard InChI is InChI=1S/C15H19N3O2/c19-14(12-5-2-1-3-6-12)17-9-4-7-13(11-17)18-10-8-16-15(18)20/h1-3,5-6,13H,4,7-11H2,(H,16,20). The fourth-order valence-electron chi connectivity index (χ4n) is 2.99. The lowest BCUT2D eigenvalue weighted by atomic mass is 10.0. The Kier molecular flexibility index (Phi) is 3.58. The first kappa shape index (κ1) is 13.0. The topological polar surface area (TPSA) is 52.7 Å². The molecule has 20 heavy (non-hydrogen) atoms. The largest absolute Gasteiger partial charge is 0.337 e. The van der Waals surface area contributed by atoms with Gasteiger partial charge in [0.2, 0.25) is 0 Å². The third kappa shape index (κ3) is 2.48. The molecular weight excluding hydrogens is 254 g/mol. The number of rotatable bonds is 2. The number of piperidine rings is 1. The highest BCUT2D eigenvalue weighted by molar-refractivity contribution is 5.94. The first-order valence-corrected chi connectivity index (χ1v) is 7.14. The third-order valence-corrected chi connectivity index (χ3v) is 4.04. The molecule has 2 aliphatic rings. The van der Waals surface area contributed by atoms with Gasteiger partial charge in [-0.3, -0.25) is 4.79 Å². The summed E-state index contributed by atoms with van der Waals surface area (Å²) in [5.41, 5.74) is 0.721. The Morgan fingerprint density at radius 3 is 2.70 bits per heavy atom. The summed E-state index contributed by atoms with van der Waals surface area (Å²) in [4.78, 5) is 27.9. The summed E-state index contributed by atoms with van der Waals surface area (Å²) in [6, 6.07) is 9.50. The van der Waals surface area contributed by atoms with Crippen molar-refractivity contribution in [3.05, 3.63) is 35.9 Å². The van der Waals surface area contributed by atoms with Crippen molar-refractivity contribution >= 4 is 11.9 Å². The van der Waals surface area contributed by atoms with Crippen molar-refractivity contribution < 1.29 is 9.59 Å². The predicted molar refractivity (Wildman–Crippen MR) is 75.5 cm³/mol. The van der Waals surface area contributed by atoms with Gasteiger partial charge in [-0.2, -0.15) is 0 Å². The van der Waals surface area contributed by atoms with Crippen LogP contribution in [0.1, 0.15) is 23.2 Å². The predicted octanol–water partition coefficient (Wildman–Crippen LogP) is 1.32. The normalized spacial score (nSPS) is 22.8. The second-order valence-corrected chi connectivity index (χ2v) is 5.34. The number of carbonyl (C=O) groups is 2. The van der Waals surface area contributed by atoms with E-state index in [0.717, 1.165) is 31.5 Å². The van der Waals surface area contributed by atoms with Crippen LogP contribution in [0.25, 0.3) is 0 Å². The first-order valence-electron chi connectivity index (χ1n) is 7.14. The van der Waals surface area contributed by atoms with Gasteiger partial charge in [0.05, 0.1) is 6.04 Å². The highest BCUT2D eigenvalue weighted by Gasteiger charge is 2.32. The van der Waals surface area contributed by atoms with Crippen molar-refractivity contribution in [1.82, 2.24) is 15.1 Å². The number of hydrogen-bond acceptors (Lipinski definition) is 2. The van der Waals surface area contributed by atoms with Gasteiger partial charge in [0, 0.05) is 31.7 Å². The van der Waals surface area contributed by atoms with Crippen LogP contribution in [-0.2, 0) is 0 Å². The number of hydrogen-bond donors (Lipinski definition) is 1. The van der Waals surface area contributed by atoms with Gasteiger partial charge in [0.25, 0.3) is 5.91 Å². The van der Waals surface area contributed by atoms with Gasteiger partial charge in [0.1, 0.15) is 0 Å². The van der Waals surface area contributed by atoms with Crippen LogP contribution < -0.4 is 5.32 Å². The maximum Gasteiger partial charge on any atom is 0.317 e. The molecule has 0 aromatic heterocycles. The fraction of sp³-hybridized carbons (Fsp3) is 0.467. The SMILES string of the molecule is O=C(c1ccccc1)N1CCCC(N2CCNC2=O)C1. The molecule has 2 saturated heterocycles. The summed E-state index contributed by atoms with van der Waals surface area (Å²) >= 11 is 0. The molecule has 1 aromatic rings. The van der Waals surface area contributed by atoms with E-state index in [1.807, 2.05) is 40.1 Å². The molecule has 1 aromatic carbocycles. The van der Waals surface area contributed by atoms with E-state index < -0.39 is 0 Å². The van der Waals surface area contributed by atoms with Gasteiger partial charge in [-0.05, 0) is 25.0 Å². The van der Waals surface area contributed by atoms with E-state index in [4.69, 9.17) is 0 Å². The molecule has 2 heterocycles. The Balaban J connectivity index is 1.69. The van der Waals surface area contributed by atoms with E-state index in [2.05, 4.69) is 5.32 Å². The van der Waals surface area contributed by atoms with Crippen LogP contribution in [-0.4, -0.2) is 54.0 Å². The van der Waals surface area contributed by atoms with Gasteiger partial charge >= 0.3 is 6.03 Å². The number of urea groups is 1. The second-order valence-electron chi connectivity index (χ2n) is 5.34. The van der Waals surface area contributed by atoms with E-state index in [9.17, 15) is 9.59 Å². The summed E-state index contributed by atoms with van der Waals surface area (Å²) in [5.74, 6) is 0.0647. The number of nitrogens with zero attached hydrogens (tertiary/aromatic N) is 2. The Bertz CT molecular complexity index is 503. The van der Waals surface area contributed by atoms with Crippen LogP contribution in [0.15, 0.2) is 30.3 Å². The quantitative estimate of drug-likeness (QED) is 0.883. The van der Waals surface area contributed by atoms with Crippen molar-refractivity contribution in [3.8, 4) is 0 Å². The maximum absolute atomic E-state index is 12.4. The van der Waals surface area contributed by atoms with Crippen LogP contribution >= 0.6 is 0 Å². The molecule has 0 bridgehead atoms. The molecule has 5 heteroatoms. The van der Waals surface area contributed by atoms with Crippen molar-refractivity contribution in [2.45, 2.75) is 18.9 Å². The molecule has 0 saturated carbocycles. The average molecular weight is 273 g/mol. The minimum atomic E-state index is 0.00371. The van der Waals surface area contributed by atoms with E-state index in [1.54, 1.807) is 0 Å². The molecule has 0 aliphatic carbocycles. The molecule has 106 valence electrons. The smallest absolute Gasteiger partial charge is 0.317 e. The van der Waals surface area contributed by atoms with Gasteiger partial charge in [-0.15, -0.1) is 0 Å². The average Bonchev–Trinajstić information content (AvgIpc) is 2.94. The van der Waals surface area contributed by atoms with Crippen molar-refractivity contribution in [2.75, 3.05) is 26.2 Å². The van der Waals surface area contributed by atoms with Crippen molar-refractivity contribution in [1.29, 1.82) is 0 Å². The summed E-state index contributed by atoms with van der Waals surface area (Å²) in [6.45, 7) is 2.87. The van der Waals surface area contributed by atoms with E-state index in [0.29, 0.717) is 13.1 Å². The van der Waals surface area contributed by atoms with Crippen LogP contribution in [0, 0.1) is 0 Å². The minimum absolute atomic E-state index is 0.00371. The number of benzene rings is 1. The fourth-order valence-corrected chi connectivity index (χ4v) is 2.99. The molecule has 0 radical (unpaired) electrons. The minimum Gasteiger partial charge on any atom is -0.337 e. The highest BCUT2D eigenvalue weighted by atomic mass is 16.2. The summed E-state index contributed by atoms with van der Waals surface area (Å²) in [7, 11) is 0. The Morgan fingerprint density at radius 2 is 2.00 bits per heavy atom. The zero-order valence-corrected chi connectivity index (χ0v) is 11.4. The molecule has 2 fully saturated rings. The lowest BCUT2D eigenvalue weighted by molar-refractivity contribution is 0.0634. The van der Waals surface area contributed by atoms with Crippen molar-refractivity contribution in [2.24, 2.45) is 0 Å². The third-order valence-electron chi connectivity index (χ3n) is 4.04. The molecule has 5 nitrogen and oxygen atoms in total. The van der Waals surface area contributed by atoms with Crippen LogP contribution in [0.4, 0.5) is 4.79 Å². The molecular formula is C15H19N3O2. The van der Waals surface area contributed by atoms with Gasteiger partial charge in [-0.1, -0.05) is 18.2 Å². The number of amides is 3. The molecule has 2 aliphatic heterocycles. The van der Waals surface area contributed by atoms with Gasteiger partial charge in [0.15, 0.2) is 0 Å². The first-order chi connectivity index (χ1) is 9.75. The summed E-state index contributed by atoms with van der Waals surface area (Å²) < 4.78 is 0. The molecule has 1 atom stereocenters. The number of likely N-dealkylation sites (tertiary alicyclic amines) is 1. The van der Waals surface area contributed by atoms with Crippen LogP contribution in [0.3, 0.4) is 0 Å². The Hall–Kier alpha value is -2.04. The number of nitrogens with one attached hydrogen (secondary N) is 1. The Morgan fingerprint density at radius 1 is 1.20 bits per heavy atom. The monoisotopic (exact) mass is 273 g/mol. The highest BCUT2D eigenvalue weighted by Crippen LogP contribution is 2.19. The molecule has 0 spiro atoms. The van der Waals surface area contributed by atoms with Crippen LogP contribution in [0.2, 0.25) is 0 Å². The van der Waals surface area contributed by atoms with Gasteiger partial charge in [-0.25, -0.2) is 4.79 Å². The van der Waals surface area contributed by atoms with E-state index >= 15 is 0 Å². The lowest BCUT2D eigenvalue weighted by Gasteiger charge is -2.37. The zero-order chi connectivity index (χ0) is 13.9. The molecule has 1 N–H and O–H groups in total. The number of carbonyl (C=O) groups excluding carboxylic acids is 2. The summed E-state index contributed by atoms with van der Waals surface area (Å²) in [6.07, 6.45) is 1.93. The maximum atomic E-state index is 12.4. The molecule has 3 rings (SSSR count). The second kappa shape index (κ2) is 5.53. The van der Waals surface area contributed by atoms with Crippen LogP contribution in [0.5, 0.6) is 0 Å². The molecule has 1 unspecified atom stereocenters. The summed E-state index contributed by atoms with van der Waals surface area (Å²) in [5, 5.41) is 2.83. The Labute approximate surface area is 118 Å². The van der Waals surface area contributed by atoms with E-state index in [1.165, 1.54) is 0 Å². The van der Waals surface area contributed by atoms with Gasteiger partial charge < -0.3 is 15.1 Å². The molecule has 3 amide bonds. The van der Waals surface area contributed by atoms with E-state index in [-0.39, 0.29) is 18.0 Å². The van der Waals surface area contributed by atoms with Crippen molar-refractivity contribution in [3.63, 3.8) is 0 Å². The zero-order valence-electron chi connectivity index (χ0n) is 11.4.